The summed E-state index contributed by atoms with van der Waals surface area (Å²) in [6.07, 6.45) is 5.50. The monoisotopic (exact) mass is 281 g/mol. The van der Waals surface area contributed by atoms with Gasteiger partial charge in [0, 0.05) is 12.2 Å². The fraction of sp³-hybridized carbons (Fsp3) is 0.357. The Kier molecular flexibility index (Phi) is 4.56. The standard InChI is InChI=1S/C14H17ClFN3/c1-2-12(17)5-11-7-18-19(9-11)8-10-3-4-13(15)14(16)6-10/h3-4,6-7,9,12H,2,5,8,17H2,1H3. The van der Waals surface area contributed by atoms with Crippen LogP contribution in [0.3, 0.4) is 0 Å². The van der Waals surface area contributed by atoms with E-state index in [-0.39, 0.29) is 11.1 Å². The number of hydrogen-bond donors (Lipinski definition) is 1. The van der Waals surface area contributed by atoms with E-state index in [1.54, 1.807) is 16.8 Å². The third kappa shape index (κ3) is 3.78. The quantitative estimate of drug-likeness (QED) is 0.915. The highest BCUT2D eigenvalue weighted by Gasteiger charge is 2.06. The van der Waals surface area contributed by atoms with Gasteiger partial charge in [0.2, 0.25) is 0 Å². The molecule has 0 fully saturated rings. The molecule has 5 heteroatoms. The maximum absolute atomic E-state index is 13.3. The Labute approximate surface area is 117 Å². The van der Waals surface area contributed by atoms with E-state index < -0.39 is 5.82 Å². The minimum atomic E-state index is -0.403. The molecule has 0 aliphatic carbocycles. The summed E-state index contributed by atoms with van der Waals surface area (Å²) in [5, 5.41) is 4.39. The molecule has 1 heterocycles. The van der Waals surface area contributed by atoms with Crippen molar-refractivity contribution in [2.75, 3.05) is 0 Å². The van der Waals surface area contributed by atoms with E-state index in [2.05, 4.69) is 12.0 Å². The summed E-state index contributed by atoms with van der Waals surface area (Å²) in [5.41, 5.74) is 7.83. The number of hydrogen-bond acceptors (Lipinski definition) is 2. The number of benzene rings is 1. The molecule has 102 valence electrons. The third-order valence-corrected chi connectivity index (χ3v) is 3.34. The van der Waals surface area contributed by atoms with Gasteiger partial charge in [-0.05, 0) is 36.1 Å². The fourth-order valence-electron chi connectivity index (χ4n) is 1.87. The van der Waals surface area contributed by atoms with Crippen LogP contribution in [-0.2, 0) is 13.0 Å². The molecule has 1 aromatic carbocycles. The zero-order valence-electron chi connectivity index (χ0n) is 10.8. The highest BCUT2D eigenvalue weighted by Crippen LogP contribution is 2.16. The fourth-order valence-corrected chi connectivity index (χ4v) is 1.99. The molecule has 0 radical (unpaired) electrons. The van der Waals surface area contributed by atoms with Crippen LogP contribution in [0, 0.1) is 5.82 Å². The van der Waals surface area contributed by atoms with Gasteiger partial charge in [-0.1, -0.05) is 24.6 Å². The summed E-state index contributed by atoms with van der Waals surface area (Å²) in [6, 6.07) is 4.95. The Hall–Kier alpha value is -1.39. The summed E-state index contributed by atoms with van der Waals surface area (Å²) >= 11 is 5.65. The zero-order valence-corrected chi connectivity index (χ0v) is 11.6. The molecule has 3 nitrogen and oxygen atoms in total. The second-order valence-corrected chi connectivity index (χ2v) is 5.07. The maximum Gasteiger partial charge on any atom is 0.142 e. The summed E-state index contributed by atoms with van der Waals surface area (Å²) in [5.74, 6) is -0.403. The second-order valence-electron chi connectivity index (χ2n) is 4.67. The molecule has 2 aromatic rings. The maximum atomic E-state index is 13.3. The van der Waals surface area contributed by atoms with Gasteiger partial charge in [0.1, 0.15) is 5.82 Å². The van der Waals surface area contributed by atoms with Gasteiger partial charge in [0.15, 0.2) is 0 Å². The predicted molar refractivity (Wildman–Crippen MR) is 74.7 cm³/mol. The van der Waals surface area contributed by atoms with Gasteiger partial charge in [0.25, 0.3) is 0 Å². The predicted octanol–water partition coefficient (Wildman–Crippen LogP) is 3.00. The molecular weight excluding hydrogens is 265 g/mol. The van der Waals surface area contributed by atoms with Crippen molar-refractivity contribution in [2.24, 2.45) is 5.73 Å². The first-order valence-corrected chi connectivity index (χ1v) is 6.67. The van der Waals surface area contributed by atoms with Crippen LogP contribution in [0.2, 0.25) is 5.02 Å². The Morgan fingerprint density at radius 3 is 2.89 bits per heavy atom. The lowest BCUT2D eigenvalue weighted by Gasteiger charge is -2.05. The number of nitrogens with two attached hydrogens (primary N) is 1. The van der Waals surface area contributed by atoms with E-state index in [1.165, 1.54) is 6.07 Å². The second kappa shape index (κ2) is 6.17. The van der Waals surface area contributed by atoms with Crippen LogP contribution >= 0.6 is 11.6 Å². The van der Waals surface area contributed by atoms with Crippen molar-refractivity contribution in [3.63, 3.8) is 0 Å². The van der Waals surface area contributed by atoms with Gasteiger partial charge in [-0.25, -0.2) is 4.39 Å². The minimum Gasteiger partial charge on any atom is -0.327 e. The summed E-state index contributed by atoms with van der Waals surface area (Å²) in [6.45, 7) is 2.58. The molecule has 0 aliphatic rings. The molecule has 0 aliphatic heterocycles. The number of rotatable bonds is 5. The zero-order chi connectivity index (χ0) is 13.8. The van der Waals surface area contributed by atoms with Gasteiger partial charge in [0.05, 0.1) is 17.8 Å². The lowest BCUT2D eigenvalue weighted by molar-refractivity contribution is 0.619. The summed E-state index contributed by atoms with van der Waals surface area (Å²) in [7, 11) is 0. The van der Waals surface area contributed by atoms with E-state index in [1.807, 2.05) is 12.4 Å². The van der Waals surface area contributed by atoms with E-state index in [0.717, 1.165) is 24.0 Å². The molecule has 0 saturated carbocycles. The van der Waals surface area contributed by atoms with Gasteiger partial charge in [-0.3, -0.25) is 4.68 Å². The summed E-state index contributed by atoms with van der Waals surface area (Å²) < 4.78 is 15.1. The molecule has 2 rings (SSSR count). The van der Waals surface area contributed by atoms with Crippen LogP contribution in [0.15, 0.2) is 30.6 Å². The molecule has 0 spiro atoms. The van der Waals surface area contributed by atoms with Crippen molar-refractivity contribution >= 4 is 11.6 Å². The van der Waals surface area contributed by atoms with Crippen molar-refractivity contribution in [1.29, 1.82) is 0 Å². The lowest BCUT2D eigenvalue weighted by Crippen LogP contribution is -2.21. The average molecular weight is 282 g/mol. The largest absolute Gasteiger partial charge is 0.327 e. The van der Waals surface area contributed by atoms with Crippen LogP contribution in [-0.4, -0.2) is 15.8 Å². The van der Waals surface area contributed by atoms with Gasteiger partial charge < -0.3 is 5.73 Å². The van der Waals surface area contributed by atoms with Crippen LogP contribution in [0.1, 0.15) is 24.5 Å². The van der Waals surface area contributed by atoms with Crippen LogP contribution < -0.4 is 5.73 Å². The van der Waals surface area contributed by atoms with Crippen molar-refractivity contribution in [1.82, 2.24) is 9.78 Å². The van der Waals surface area contributed by atoms with Gasteiger partial charge in [-0.2, -0.15) is 5.10 Å². The highest BCUT2D eigenvalue weighted by atomic mass is 35.5. The number of halogens is 2. The molecule has 0 bridgehead atoms. The third-order valence-electron chi connectivity index (χ3n) is 3.04. The molecule has 1 atom stereocenters. The van der Waals surface area contributed by atoms with E-state index in [4.69, 9.17) is 17.3 Å². The van der Waals surface area contributed by atoms with Crippen molar-refractivity contribution in [2.45, 2.75) is 32.4 Å². The molecule has 1 aromatic heterocycles. The Morgan fingerprint density at radius 2 is 2.21 bits per heavy atom. The molecule has 2 N–H and O–H groups in total. The van der Waals surface area contributed by atoms with E-state index >= 15 is 0 Å². The number of aromatic nitrogens is 2. The van der Waals surface area contributed by atoms with Crippen molar-refractivity contribution < 1.29 is 4.39 Å². The van der Waals surface area contributed by atoms with E-state index in [9.17, 15) is 4.39 Å². The van der Waals surface area contributed by atoms with Crippen LogP contribution in [0.5, 0.6) is 0 Å². The Balaban J connectivity index is 2.05. The Morgan fingerprint density at radius 1 is 1.42 bits per heavy atom. The molecule has 0 amide bonds. The number of nitrogens with zero attached hydrogens (tertiary/aromatic N) is 2. The first kappa shape index (κ1) is 14.0. The van der Waals surface area contributed by atoms with E-state index in [0.29, 0.717) is 6.54 Å². The molecular formula is C14H17ClFN3. The van der Waals surface area contributed by atoms with Crippen molar-refractivity contribution in [3.8, 4) is 0 Å². The first-order chi connectivity index (χ1) is 9.08. The topological polar surface area (TPSA) is 43.8 Å². The van der Waals surface area contributed by atoms with Gasteiger partial charge >= 0.3 is 0 Å². The average Bonchev–Trinajstić information content (AvgIpc) is 2.81. The van der Waals surface area contributed by atoms with Gasteiger partial charge in [-0.15, -0.1) is 0 Å². The normalized spacial score (nSPS) is 12.6. The first-order valence-electron chi connectivity index (χ1n) is 6.29. The van der Waals surface area contributed by atoms with Crippen LogP contribution in [0.25, 0.3) is 0 Å². The highest BCUT2D eigenvalue weighted by molar-refractivity contribution is 6.30. The van der Waals surface area contributed by atoms with Crippen molar-refractivity contribution in [3.05, 3.63) is 52.6 Å². The Bertz CT molecular complexity index is 553. The molecule has 1 unspecified atom stereocenters. The minimum absolute atomic E-state index is 0.138. The molecule has 0 saturated heterocycles. The smallest absolute Gasteiger partial charge is 0.142 e. The molecule has 19 heavy (non-hydrogen) atoms. The summed E-state index contributed by atoms with van der Waals surface area (Å²) in [4.78, 5) is 0. The van der Waals surface area contributed by atoms with Crippen LogP contribution in [0.4, 0.5) is 4.39 Å². The lowest BCUT2D eigenvalue weighted by atomic mass is 10.1. The SMILES string of the molecule is CCC(N)Cc1cnn(Cc2ccc(Cl)c(F)c2)c1.